The van der Waals surface area contributed by atoms with Crippen molar-refractivity contribution in [2.75, 3.05) is 7.11 Å². The Morgan fingerprint density at radius 2 is 1.80 bits per heavy atom. The fourth-order valence-electron chi connectivity index (χ4n) is 1.64. The monoisotopic (exact) mass is 296 g/mol. The Hall–Kier alpha value is -2.08. The molecule has 0 N–H and O–H groups in total. The van der Waals surface area contributed by atoms with Gasteiger partial charge in [-0.15, -0.1) is 11.3 Å². The van der Waals surface area contributed by atoms with Gasteiger partial charge in [-0.3, -0.25) is 9.59 Å². The molecule has 0 bridgehead atoms. The molecule has 104 valence electrons. The number of carbonyl (C=O) groups excluding carboxylic acids is 2. The highest BCUT2D eigenvalue weighted by Crippen LogP contribution is 2.21. The number of carbonyl (C=O) groups is 2. The van der Waals surface area contributed by atoms with Gasteiger partial charge >= 0.3 is 5.97 Å². The number of hydrogen-bond donors (Lipinski definition) is 0. The summed E-state index contributed by atoms with van der Waals surface area (Å²) >= 11 is 1.10. The second-order valence-electron chi connectivity index (χ2n) is 4.01. The van der Waals surface area contributed by atoms with Crippen molar-refractivity contribution in [1.29, 1.82) is 0 Å². The summed E-state index contributed by atoms with van der Waals surface area (Å²) in [6.45, 7) is 0. The smallest absolute Gasteiger partial charge is 0.310 e. The van der Waals surface area contributed by atoms with Gasteiger partial charge < -0.3 is 4.74 Å². The summed E-state index contributed by atoms with van der Waals surface area (Å²) in [5.41, 5.74) is -0.0611. The average molecular weight is 296 g/mol. The van der Waals surface area contributed by atoms with Gasteiger partial charge in [0.15, 0.2) is 0 Å². The molecule has 1 aromatic heterocycles. The summed E-state index contributed by atoms with van der Waals surface area (Å²) in [7, 11) is 1.28. The van der Waals surface area contributed by atoms with Gasteiger partial charge in [0.2, 0.25) is 5.78 Å². The molecule has 3 nitrogen and oxygen atoms in total. The van der Waals surface area contributed by atoms with E-state index in [9.17, 15) is 18.4 Å². The molecule has 0 aliphatic carbocycles. The SMILES string of the molecule is COC(=O)Cc1ccc(C(=O)c2cc(F)cc(F)c2)s1. The van der Waals surface area contributed by atoms with E-state index in [0.29, 0.717) is 15.8 Å². The quantitative estimate of drug-likeness (QED) is 0.643. The molecule has 0 saturated carbocycles. The van der Waals surface area contributed by atoms with E-state index < -0.39 is 23.4 Å². The third-order valence-electron chi connectivity index (χ3n) is 2.56. The minimum absolute atomic E-state index is 0.0611. The first-order valence-corrected chi connectivity index (χ1v) is 6.47. The zero-order valence-corrected chi connectivity index (χ0v) is 11.3. The number of esters is 1. The van der Waals surface area contributed by atoms with E-state index in [0.717, 1.165) is 23.5 Å². The molecule has 0 amide bonds. The zero-order chi connectivity index (χ0) is 14.7. The van der Waals surface area contributed by atoms with E-state index in [1.54, 1.807) is 6.07 Å². The number of methoxy groups -OCH3 is 1. The fraction of sp³-hybridized carbons (Fsp3) is 0.143. The topological polar surface area (TPSA) is 43.4 Å². The first kappa shape index (κ1) is 14.3. The van der Waals surface area contributed by atoms with Crippen LogP contribution in [0, 0.1) is 11.6 Å². The highest BCUT2D eigenvalue weighted by Gasteiger charge is 2.15. The first-order valence-electron chi connectivity index (χ1n) is 5.66. The molecule has 0 atom stereocenters. The van der Waals surface area contributed by atoms with Gasteiger partial charge in [-0.1, -0.05) is 0 Å². The van der Waals surface area contributed by atoms with Crippen LogP contribution in [0.4, 0.5) is 8.78 Å². The molecule has 20 heavy (non-hydrogen) atoms. The third kappa shape index (κ3) is 3.27. The Morgan fingerprint density at radius 3 is 2.40 bits per heavy atom. The molecular weight excluding hydrogens is 286 g/mol. The fourth-order valence-corrected chi connectivity index (χ4v) is 2.59. The summed E-state index contributed by atoms with van der Waals surface area (Å²) in [6, 6.07) is 5.79. The molecule has 1 heterocycles. The Morgan fingerprint density at radius 1 is 1.15 bits per heavy atom. The Kier molecular flexibility index (Phi) is 4.24. The van der Waals surface area contributed by atoms with E-state index in [1.165, 1.54) is 13.2 Å². The molecule has 0 radical (unpaired) electrons. The molecule has 0 aliphatic rings. The zero-order valence-electron chi connectivity index (χ0n) is 10.5. The molecule has 2 rings (SSSR count). The van der Waals surface area contributed by atoms with Crippen LogP contribution in [0.3, 0.4) is 0 Å². The van der Waals surface area contributed by atoms with E-state index in [4.69, 9.17) is 0 Å². The van der Waals surface area contributed by atoms with Crippen molar-refractivity contribution in [3.05, 3.63) is 57.3 Å². The normalized spacial score (nSPS) is 10.3. The number of benzene rings is 1. The number of ketones is 1. The standard InChI is InChI=1S/C14H10F2O3S/c1-19-13(17)7-11-2-3-12(20-11)14(18)8-4-9(15)6-10(16)5-8/h2-6H,7H2,1H3. The van der Waals surface area contributed by atoms with Crippen LogP contribution in [0.5, 0.6) is 0 Å². The molecule has 0 unspecified atom stereocenters. The van der Waals surface area contributed by atoms with Gasteiger partial charge in [-0.2, -0.15) is 0 Å². The van der Waals surface area contributed by atoms with E-state index in [-0.39, 0.29) is 12.0 Å². The summed E-state index contributed by atoms with van der Waals surface area (Å²) < 4.78 is 30.7. The third-order valence-corrected chi connectivity index (χ3v) is 3.64. The maximum Gasteiger partial charge on any atom is 0.310 e. The number of rotatable bonds is 4. The van der Waals surface area contributed by atoms with Crippen LogP contribution in [0.15, 0.2) is 30.3 Å². The van der Waals surface area contributed by atoms with Crippen LogP contribution >= 0.6 is 11.3 Å². The van der Waals surface area contributed by atoms with Crippen molar-refractivity contribution >= 4 is 23.1 Å². The molecule has 0 saturated heterocycles. The largest absolute Gasteiger partial charge is 0.469 e. The number of thiophene rings is 1. The summed E-state index contributed by atoms with van der Waals surface area (Å²) in [6.07, 6.45) is 0.0615. The molecule has 1 aromatic carbocycles. The van der Waals surface area contributed by atoms with E-state index in [1.807, 2.05) is 0 Å². The van der Waals surface area contributed by atoms with Crippen LogP contribution in [0.2, 0.25) is 0 Å². The van der Waals surface area contributed by atoms with Gasteiger partial charge in [-0.25, -0.2) is 8.78 Å². The van der Waals surface area contributed by atoms with Crippen LogP contribution in [0.25, 0.3) is 0 Å². The van der Waals surface area contributed by atoms with Gasteiger partial charge in [0.05, 0.1) is 18.4 Å². The van der Waals surface area contributed by atoms with Gasteiger partial charge in [-0.05, 0) is 24.3 Å². The van der Waals surface area contributed by atoms with Crippen molar-refractivity contribution in [3.63, 3.8) is 0 Å². The molecule has 0 aliphatic heterocycles. The minimum atomic E-state index is -0.806. The van der Waals surface area contributed by atoms with Crippen LogP contribution in [0.1, 0.15) is 20.1 Å². The van der Waals surface area contributed by atoms with Crippen molar-refractivity contribution in [1.82, 2.24) is 0 Å². The predicted molar refractivity (Wildman–Crippen MR) is 69.8 cm³/mol. The van der Waals surface area contributed by atoms with Crippen molar-refractivity contribution < 1.29 is 23.1 Å². The lowest BCUT2D eigenvalue weighted by atomic mass is 10.1. The van der Waals surface area contributed by atoms with E-state index >= 15 is 0 Å². The number of ether oxygens (including phenoxy) is 1. The van der Waals surface area contributed by atoms with Gasteiger partial charge in [0, 0.05) is 16.5 Å². The summed E-state index contributed by atoms with van der Waals surface area (Å²) in [5.74, 6) is -2.51. The van der Waals surface area contributed by atoms with Gasteiger partial charge in [0.25, 0.3) is 0 Å². The highest BCUT2D eigenvalue weighted by molar-refractivity contribution is 7.14. The van der Waals surface area contributed by atoms with Gasteiger partial charge in [0.1, 0.15) is 11.6 Å². The van der Waals surface area contributed by atoms with Crippen LogP contribution < -0.4 is 0 Å². The van der Waals surface area contributed by atoms with Crippen molar-refractivity contribution in [2.45, 2.75) is 6.42 Å². The maximum atomic E-state index is 13.1. The van der Waals surface area contributed by atoms with Crippen molar-refractivity contribution in [3.8, 4) is 0 Å². The minimum Gasteiger partial charge on any atom is -0.469 e. The lowest BCUT2D eigenvalue weighted by Gasteiger charge is -1.99. The maximum absolute atomic E-state index is 13.1. The summed E-state index contributed by atoms with van der Waals surface area (Å²) in [5, 5.41) is 0. The Labute approximate surface area is 117 Å². The summed E-state index contributed by atoms with van der Waals surface area (Å²) in [4.78, 5) is 24.2. The second-order valence-corrected chi connectivity index (χ2v) is 5.17. The molecule has 6 heteroatoms. The Balaban J connectivity index is 2.23. The van der Waals surface area contributed by atoms with E-state index in [2.05, 4.69) is 4.74 Å². The van der Waals surface area contributed by atoms with Crippen LogP contribution in [-0.4, -0.2) is 18.9 Å². The molecule has 2 aromatic rings. The number of halogens is 2. The highest BCUT2D eigenvalue weighted by atomic mass is 32.1. The number of hydrogen-bond acceptors (Lipinski definition) is 4. The average Bonchev–Trinajstić information content (AvgIpc) is 2.85. The Bertz CT molecular complexity index is 644. The lowest BCUT2D eigenvalue weighted by molar-refractivity contribution is -0.139. The second kappa shape index (κ2) is 5.92. The van der Waals surface area contributed by atoms with Crippen molar-refractivity contribution in [2.24, 2.45) is 0 Å². The molecular formula is C14H10F2O3S. The molecule has 0 fully saturated rings. The predicted octanol–water partition coefficient (Wildman–Crippen LogP) is 2.97. The first-order chi connectivity index (χ1) is 9.49. The molecule has 0 spiro atoms. The lowest BCUT2D eigenvalue weighted by Crippen LogP contribution is -2.02. The van der Waals surface area contributed by atoms with Crippen LogP contribution in [-0.2, 0) is 16.0 Å².